The maximum absolute atomic E-state index is 5.40. The minimum absolute atomic E-state index is 0.717. The lowest BCUT2D eigenvalue weighted by molar-refractivity contribution is 0.303. The highest BCUT2D eigenvalue weighted by atomic mass is 32.1. The van der Waals surface area contributed by atoms with E-state index in [0.29, 0.717) is 0 Å². The summed E-state index contributed by atoms with van der Waals surface area (Å²) in [5, 5.41) is 14.3. The Morgan fingerprint density at radius 3 is 2.67 bits per heavy atom. The molecule has 0 radical (unpaired) electrons. The Bertz CT molecular complexity index is 707. The first-order valence-electron chi connectivity index (χ1n) is 6.69. The van der Waals surface area contributed by atoms with Gasteiger partial charge in [-0.3, -0.25) is 4.90 Å². The van der Waals surface area contributed by atoms with Crippen LogP contribution in [0.1, 0.15) is 15.7 Å². The Morgan fingerprint density at radius 1 is 1.14 bits per heavy atom. The second-order valence-corrected chi connectivity index (χ2v) is 6.20. The Morgan fingerprint density at radius 2 is 1.95 bits per heavy atom. The molecule has 0 atom stereocenters. The van der Waals surface area contributed by atoms with Gasteiger partial charge in [-0.05, 0) is 14.0 Å². The smallest absolute Gasteiger partial charge is 0.167 e. The molecule has 3 rings (SSSR count). The molecule has 0 aliphatic heterocycles. The van der Waals surface area contributed by atoms with E-state index in [1.165, 1.54) is 0 Å². The van der Waals surface area contributed by atoms with Crippen molar-refractivity contribution in [1.29, 1.82) is 0 Å². The maximum Gasteiger partial charge on any atom is 0.167 e. The molecule has 0 N–H and O–H groups in total. The average Bonchev–Trinajstić information content (AvgIpc) is 3.09. The summed E-state index contributed by atoms with van der Waals surface area (Å²) < 4.78 is 5.40. The average molecular weight is 300 g/mol. The van der Waals surface area contributed by atoms with E-state index in [0.717, 1.165) is 40.1 Å². The largest absolute Gasteiger partial charge is 0.356 e. The molecule has 0 bridgehead atoms. The zero-order valence-corrected chi connectivity index (χ0v) is 12.8. The van der Waals surface area contributed by atoms with Crippen molar-refractivity contribution in [2.75, 3.05) is 7.05 Å². The van der Waals surface area contributed by atoms with Gasteiger partial charge in [-0.25, -0.2) is 0 Å². The first kappa shape index (κ1) is 13.9. The normalized spacial score (nSPS) is 11.2. The molecule has 6 heteroatoms. The minimum Gasteiger partial charge on any atom is -0.356 e. The molecule has 0 unspecified atom stereocenters. The fraction of sp³-hybridized carbons (Fsp3) is 0.267. The number of hydrogen-bond acceptors (Lipinski definition) is 6. The molecule has 2 heterocycles. The van der Waals surface area contributed by atoms with Crippen molar-refractivity contribution in [3.8, 4) is 11.3 Å². The summed E-state index contributed by atoms with van der Waals surface area (Å²) in [6.45, 7) is 3.44. The number of rotatable bonds is 5. The summed E-state index contributed by atoms with van der Waals surface area (Å²) in [6.07, 6.45) is 0. The van der Waals surface area contributed by atoms with E-state index in [9.17, 15) is 0 Å². The molecule has 2 aromatic heterocycles. The van der Waals surface area contributed by atoms with E-state index in [1.807, 2.05) is 50.4 Å². The van der Waals surface area contributed by atoms with Crippen molar-refractivity contribution in [1.82, 2.24) is 20.3 Å². The number of nitrogens with zero attached hydrogens (tertiary/aromatic N) is 4. The molecule has 108 valence electrons. The molecule has 0 aliphatic rings. The van der Waals surface area contributed by atoms with Crippen molar-refractivity contribution in [2.45, 2.75) is 20.0 Å². The summed E-state index contributed by atoms with van der Waals surface area (Å²) >= 11 is 1.62. The van der Waals surface area contributed by atoms with E-state index in [1.54, 1.807) is 11.3 Å². The van der Waals surface area contributed by atoms with E-state index >= 15 is 0 Å². The van der Waals surface area contributed by atoms with Gasteiger partial charge < -0.3 is 4.52 Å². The number of hydrogen-bond donors (Lipinski definition) is 0. The SMILES string of the molecule is Cc1nnc(CN(C)Cc2cc(-c3ccccc3)on2)s1. The summed E-state index contributed by atoms with van der Waals surface area (Å²) in [5.41, 5.74) is 1.95. The van der Waals surface area contributed by atoms with Gasteiger partial charge in [-0.2, -0.15) is 0 Å². The Labute approximate surface area is 127 Å². The zero-order valence-electron chi connectivity index (χ0n) is 12.0. The molecule has 0 saturated heterocycles. The zero-order chi connectivity index (χ0) is 14.7. The second kappa shape index (κ2) is 6.15. The van der Waals surface area contributed by atoms with Gasteiger partial charge in [-0.15, -0.1) is 21.5 Å². The molecule has 3 aromatic rings. The number of aromatic nitrogens is 3. The lowest BCUT2D eigenvalue weighted by atomic mass is 10.1. The van der Waals surface area contributed by atoms with Crippen LogP contribution < -0.4 is 0 Å². The minimum atomic E-state index is 0.717. The molecule has 0 saturated carbocycles. The van der Waals surface area contributed by atoms with Gasteiger partial charge in [0, 0.05) is 18.2 Å². The molecular weight excluding hydrogens is 284 g/mol. The van der Waals surface area contributed by atoms with Crippen molar-refractivity contribution in [2.24, 2.45) is 0 Å². The summed E-state index contributed by atoms with van der Waals surface area (Å²) in [6, 6.07) is 12.0. The molecule has 0 fully saturated rings. The van der Waals surface area contributed by atoms with Gasteiger partial charge in [0.25, 0.3) is 0 Å². The van der Waals surface area contributed by atoms with Crippen LogP contribution in [0.25, 0.3) is 11.3 Å². The third kappa shape index (κ3) is 3.53. The van der Waals surface area contributed by atoms with Crippen molar-refractivity contribution in [3.63, 3.8) is 0 Å². The fourth-order valence-corrected chi connectivity index (χ4v) is 2.88. The van der Waals surface area contributed by atoms with Crippen molar-refractivity contribution in [3.05, 3.63) is 52.1 Å². The van der Waals surface area contributed by atoms with Crippen LogP contribution in [0.2, 0.25) is 0 Å². The van der Waals surface area contributed by atoms with E-state index in [2.05, 4.69) is 20.3 Å². The quantitative estimate of drug-likeness (QED) is 0.724. The fourth-order valence-electron chi connectivity index (χ4n) is 2.09. The Balaban J connectivity index is 1.64. The van der Waals surface area contributed by atoms with Crippen LogP contribution in [0.15, 0.2) is 40.9 Å². The van der Waals surface area contributed by atoms with Crippen LogP contribution in [-0.4, -0.2) is 27.3 Å². The van der Waals surface area contributed by atoms with Crippen molar-refractivity contribution < 1.29 is 4.52 Å². The van der Waals surface area contributed by atoms with Crippen LogP contribution in [0, 0.1) is 6.92 Å². The van der Waals surface area contributed by atoms with E-state index in [-0.39, 0.29) is 0 Å². The van der Waals surface area contributed by atoms with Gasteiger partial charge >= 0.3 is 0 Å². The van der Waals surface area contributed by atoms with Crippen LogP contribution in [0.4, 0.5) is 0 Å². The highest BCUT2D eigenvalue weighted by molar-refractivity contribution is 7.11. The van der Waals surface area contributed by atoms with Gasteiger partial charge in [0.15, 0.2) is 5.76 Å². The van der Waals surface area contributed by atoms with E-state index < -0.39 is 0 Å². The van der Waals surface area contributed by atoms with Crippen LogP contribution in [0.5, 0.6) is 0 Å². The predicted octanol–water partition coefficient (Wildman–Crippen LogP) is 3.13. The van der Waals surface area contributed by atoms with Gasteiger partial charge in [0.2, 0.25) is 0 Å². The molecular formula is C15H16N4OS. The molecule has 5 nitrogen and oxygen atoms in total. The second-order valence-electron chi connectivity index (χ2n) is 4.94. The van der Waals surface area contributed by atoms with Crippen LogP contribution >= 0.6 is 11.3 Å². The highest BCUT2D eigenvalue weighted by Crippen LogP contribution is 2.20. The maximum atomic E-state index is 5.40. The lowest BCUT2D eigenvalue weighted by Gasteiger charge is -2.11. The number of aryl methyl sites for hydroxylation is 1. The first-order valence-corrected chi connectivity index (χ1v) is 7.51. The summed E-state index contributed by atoms with van der Waals surface area (Å²) in [7, 11) is 2.04. The lowest BCUT2D eigenvalue weighted by Crippen LogP contribution is -2.17. The topological polar surface area (TPSA) is 55.1 Å². The monoisotopic (exact) mass is 300 g/mol. The molecule has 1 aromatic carbocycles. The van der Waals surface area contributed by atoms with Gasteiger partial charge in [0.1, 0.15) is 10.0 Å². The number of benzene rings is 1. The Kier molecular flexibility index (Phi) is 4.08. The van der Waals surface area contributed by atoms with Crippen LogP contribution in [0.3, 0.4) is 0 Å². The van der Waals surface area contributed by atoms with Gasteiger partial charge in [-0.1, -0.05) is 35.5 Å². The van der Waals surface area contributed by atoms with Crippen molar-refractivity contribution >= 4 is 11.3 Å². The standard InChI is InChI=1S/C15H16N4OS/c1-11-16-17-15(21-11)10-19(2)9-13-8-14(20-18-13)12-6-4-3-5-7-12/h3-8H,9-10H2,1-2H3. The molecule has 21 heavy (non-hydrogen) atoms. The third-order valence-corrected chi connectivity index (χ3v) is 3.85. The van der Waals surface area contributed by atoms with E-state index in [4.69, 9.17) is 4.52 Å². The summed E-state index contributed by atoms with van der Waals surface area (Å²) in [4.78, 5) is 2.15. The third-order valence-electron chi connectivity index (χ3n) is 3.02. The predicted molar refractivity (Wildman–Crippen MR) is 81.8 cm³/mol. The van der Waals surface area contributed by atoms with Crippen LogP contribution in [-0.2, 0) is 13.1 Å². The first-order chi connectivity index (χ1) is 10.2. The Hall–Kier alpha value is -2.05. The van der Waals surface area contributed by atoms with Gasteiger partial charge in [0.05, 0.1) is 12.2 Å². The molecule has 0 aliphatic carbocycles. The highest BCUT2D eigenvalue weighted by Gasteiger charge is 2.10. The molecule has 0 amide bonds. The summed E-state index contributed by atoms with van der Waals surface area (Å²) in [5.74, 6) is 0.797. The molecule has 0 spiro atoms.